The van der Waals surface area contributed by atoms with Crippen LogP contribution in [-0.2, 0) is 9.59 Å². The molecule has 0 aliphatic carbocycles. The molecule has 11 heteroatoms. The first-order valence-electron chi connectivity index (χ1n) is 12.8. The lowest BCUT2D eigenvalue weighted by Gasteiger charge is -2.31. The number of nitrogens with one attached hydrogen (secondary N) is 1. The van der Waals surface area contributed by atoms with Gasteiger partial charge in [0.15, 0.2) is 17.7 Å². The van der Waals surface area contributed by atoms with Crippen LogP contribution in [0.1, 0.15) is 44.3 Å². The number of carbonyl (C=O) groups is 4. The number of methoxy groups -OCH3 is 2. The van der Waals surface area contributed by atoms with E-state index < -0.39 is 48.1 Å². The van der Waals surface area contributed by atoms with Crippen molar-refractivity contribution in [3.05, 3.63) is 94.8 Å². The standard InChI is InChI=1S/C30H30FN3O7/c1-18-5-4-6-20(15-18)29(38)33-13-14-34(30(39)21-9-12-24(40-2)25(16-21)41-3)28(33)27(37)32-23(17-26(35)36)19-7-10-22(31)11-8-19/h4-12,15-16,23,28H,13-14,17H2,1-3H3,(H,32,37)(H,35,36). The third-order valence-corrected chi connectivity index (χ3v) is 6.79. The highest BCUT2D eigenvalue weighted by atomic mass is 19.1. The van der Waals surface area contributed by atoms with Crippen molar-refractivity contribution in [1.29, 1.82) is 0 Å². The number of aliphatic carboxylic acids is 1. The van der Waals surface area contributed by atoms with Crippen LogP contribution >= 0.6 is 0 Å². The van der Waals surface area contributed by atoms with Gasteiger partial charge in [-0.3, -0.25) is 19.2 Å². The first-order valence-corrected chi connectivity index (χ1v) is 12.8. The molecular formula is C30H30FN3O7. The monoisotopic (exact) mass is 563 g/mol. The van der Waals surface area contributed by atoms with Gasteiger partial charge in [-0.05, 0) is 55.0 Å². The summed E-state index contributed by atoms with van der Waals surface area (Å²) in [6.07, 6.45) is -1.89. The topological polar surface area (TPSA) is 125 Å². The summed E-state index contributed by atoms with van der Waals surface area (Å²) < 4.78 is 24.1. The fraction of sp³-hybridized carbons (Fsp3) is 0.267. The normalized spacial score (nSPS) is 15.3. The average Bonchev–Trinajstić information content (AvgIpc) is 3.41. The van der Waals surface area contributed by atoms with Gasteiger partial charge in [0.2, 0.25) is 0 Å². The first-order chi connectivity index (χ1) is 19.6. The molecule has 1 fully saturated rings. The number of nitrogens with zero attached hydrogens (tertiary/aromatic N) is 2. The number of rotatable bonds is 9. The summed E-state index contributed by atoms with van der Waals surface area (Å²) in [7, 11) is 2.89. The molecule has 3 aromatic rings. The van der Waals surface area contributed by atoms with E-state index in [1.54, 1.807) is 24.3 Å². The van der Waals surface area contributed by atoms with Crippen molar-refractivity contribution in [2.45, 2.75) is 25.6 Å². The largest absolute Gasteiger partial charge is 0.493 e. The molecule has 0 bridgehead atoms. The van der Waals surface area contributed by atoms with Crippen LogP contribution in [0.5, 0.6) is 11.5 Å². The fourth-order valence-corrected chi connectivity index (χ4v) is 4.78. The van der Waals surface area contributed by atoms with E-state index in [9.17, 15) is 28.7 Å². The summed E-state index contributed by atoms with van der Waals surface area (Å²) in [5, 5.41) is 12.2. The second-order valence-corrected chi connectivity index (χ2v) is 9.52. The molecule has 4 rings (SSSR count). The van der Waals surface area contributed by atoms with Gasteiger partial charge >= 0.3 is 5.97 Å². The smallest absolute Gasteiger partial charge is 0.305 e. The fourth-order valence-electron chi connectivity index (χ4n) is 4.78. The summed E-state index contributed by atoms with van der Waals surface area (Å²) in [6, 6.07) is 15.4. The van der Waals surface area contributed by atoms with Crippen LogP contribution in [0.4, 0.5) is 4.39 Å². The minimum absolute atomic E-state index is 0.0446. The zero-order valence-corrected chi connectivity index (χ0v) is 22.8. The highest BCUT2D eigenvalue weighted by molar-refractivity contribution is 6.02. The van der Waals surface area contributed by atoms with Gasteiger partial charge < -0.3 is 29.7 Å². The molecule has 2 unspecified atom stereocenters. The molecule has 1 saturated heterocycles. The van der Waals surface area contributed by atoms with Gasteiger partial charge in [0, 0.05) is 24.2 Å². The van der Waals surface area contributed by atoms with Crippen LogP contribution in [-0.4, -0.2) is 72.1 Å². The van der Waals surface area contributed by atoms with Gasteiger partial charge in [0.25, 0.3) is 17.7 Å². The number of hydrogen-bond donors (Lipinski definition) is 2. The van der Waals surface area contributed by atoms with E-state index >= 15 is 0 Å². The Morgan fingerprint density at radius 3 is 2.07 bits per heavy atom. The summed E-state index contributed by atoms with van der Waals surface area (Å²) >= 11 is 0. The Hall–Kier alpha value is -4.93. The van der Waals surface area contributed by atoms with Crippen LogP contribution in [0.15, 0.2) is 66.7 Å². The lowest BCUT2D eigenvalue weighted by molar-refractivity contribution is -0.138. The molecule has 3 aromatic carbocycles. The van der Waals surface area contributed by atoms with Crippen molar-refractivity contribution >= 4 is 23.7 Å². The van der Waals surface area contributed by atoms with E-state index in [2.05, 4.69) is 5.32 Å². The number of benzene rings is 3. The van der Waals surface area contributed by atoms with Crippen molar-refractivity contribution in [1.82, 2.24) is 15.1 Å². The predicted octanol–water partition coefficient (Wildman–Crippen LogP) is 3.41. The number of carbonyl (C=O) groups excluding carboxylic acids is 3. The Labute approximate surface area is 236 Å². The van der Waals surface area contributed by atoms with E-state index in [0.29, 0.717) is 22.6 Å². The maximum atomic E-state index is 13.8. The second kappa shape index (κ2) is 12.5. The van der Waals surface area contributed by atoms with E-state index in [0.717, 1.165) is 17.7 Å². The number of amides is 3. The number of carboxylic acids is 1. The van der Waals surface area contributed by atoms with Crippen molar-refractivity contribution in [3.8, 4) is 11.5 Å². The second-order valence-electron chi connectivity index (χ2n) is 9.52. The number of hydrogen-bond acceptors (Lipinski definition) is 6. The number of ether oxygens (including phenoxy) is 2. The molecule has 0 aromatic heterocycles. The van der Waals surface area contributed by atoms with Crippen LogP contribution in [0.25, 0.3) is 0 Å². The minimum Gasteiger partial charge on any atom is -0.493 e. The van der Waals surface area contributed by atoms with Crippen molar-refractivity contribution in [3.63, 3.8) is 0 Å². The summed E-state index contributed by atoms with van der Waals surface area (Å²) in [5.41, 5.74) is 1.73. The van der Waals surface area contributed by atoms with Gasteiger partial charge in [-0.25, -0.2) is 4.39 Å². The molecule has 0 saturated carbocycles. The number of carboxylic acid groups (broad SMARTS) is 1. The molecule has 1 aliphatic rings. The van der Waals surface area contributed by atoms with E-state index in [1.807, 2.05) is 13.0 Å². The molecule has 1 aliphatic heterocycles. The lowest BCUT2D eigenvalue weighted by Crippen LogP contribution is -2.54. The maximum absolute atomic E-state index is 13.8. The van der Waals surface area contributed by atoms with Crippen molar-refractivity contribution in [2.24, 2.45) is 0 Å². The van der Waals surface area contributed by atoms with Gasteiger partial charge in [-0.15, -0.1) is 0 Å². The lowest BCUT2D eigenvalue weighted by atomic mass is 10.0. The molecule has 2 N–H and O–H groups in total. The average molecular weight is 564 g/mol. The highest BCUT2D eigenvalue weighted by Gasteiger charge is 2.44. The van der Waals surface area contributed by atoms with E-state index in [1.165, 1.54) is 48.3 Å². The summed E-state index contributed by atoms with van der Waals surface area (Å²) in [6.45, 7) is 1.93. The quantitative estimate of drug-likeness (QED) is 0.409. The Kier molecular flexibility index (Phi) is 8.86. The summed E-state index contributed by atoms with van der Waals surface area (Å²) in [4.78, 5) is 55.4. The zero-order valence-electron chi connectivity index (χ0n) is 22.8. The molecule has 41 heavy (non-hydrogen) atoms. The predicted molar refractivity (Wildman–Crippen MR) is 146 cm³/mol. The first kappa shape index (κ1) is 29.1. The minimum atomic E-state index is -1.39. The molecule has 0 spiro atoms. The van der Waals surface area contributed by atoms with Crippen LogP contribution in [0, 0.1) is 12.7 Å². The molecular weight excluding hydrogens is 533 g/mol. The molecule has 1 heterocycles. The molecule has 3 amide bonds. The molecule has 2 atom stereocenters. The maximum Gasteiger partial charge on any atom is 0.305 e. The number of aryl methyl sites for hydroxylation is 1. The van der Waals surface area contributed by atoms with E-state index in [-0.39, 0.29) is 18.7 Å². The number of halogens is 1. The third-order valence-electron chi connectivity index (χ3n) is 6.79. The van der Waals surface area contributed by atoms with Crippen LogP contribution < -0.4 is 14.8 Å². The van der Waals surface area contributed by atoms with Crippen molar-refractivity contribution < 1.29 is 38.1 Å². The van der Waals surface area contributed by atoms with Crippen molar-refractivity contribution in [2.75, 3.05) is 27.3 Å². The van der Waals surface area contributed by atoms with Gasteiger partial charge in [-0.1, -0.05) is 29.8 Å². The SMILES string of the molecule is COc1ccc(C(=O)N2CCN(C(=O)c3cccc(C)c3)C2C(=O)NC(CC(=O)O)c2ccc(F)cc2)cc1OC. The van der Waals surface area contributed by atoms with Crippen LogP contribution in [0.2, 0.25) is 0 Å². The van der Waals surface area contributed by atoms with E-state index in [4.69, 9.17) is 9.47 Å². The Bertz CT molecular complexity index is 1460. The van der Waals surface area contributed by atoms with Gasteiger partial charge in [-0.2, -0.15) is 0 Å². The highest BCUT2D eigenvalue weighted by Crippen LogP contribution is 2.30. The Balaban J connectivity index is 1.71. The van der Waals surface area contributed by atoms with Crippen LogP contribution in [0.3, 0.4) is 0 Å². The Morgan fingerprint density at radius 1 is 0.902 bits per heavy atom. The van der Waals surface area contributed by atoms with Gasteiger partial charge in [0.05, 0.1) is 26.7 Å². The zero-order chi connectivity index (χ0) is 29.7. The summed E-state index contributed by atoms with van der Waals surface area (Å²) in [5.74, 6) is -2.76. The molecule has 214 valence electrons. The Morgan fingerprint density at radius 2 is 1.51 bits per heavy atom. The molecule has 0 radical (unpaired) electrons. The van der Waals surface area contributed by atoms with Gasteiger partial charge in [0.1, 0.15) is 5.82 Å². The molecule has 10 nitrogen and oxygen atoms in total. The third kappa shape index (κ3) is 6.46.